The van der Waals surface area contributed by atoms with Gasteiger partial charge in [-0.2, -0.15) is 0 Å². The van der Waals surface area contributed by atoms with E-state index in [0.29, 0.717) is 0 Å². The maximum atomic E-state index is 11.7. The van der Waals surface area contributed by atoms with Crippen molar-refractivity contribution in [3.05, 3.63) is 76.1 Å². The molecule has 2 aromatic carbocycles. The normalized spacial score (nSPS) is 9.91. The van der Waals surface area contributed by atoms with Gasteiger partial charge in [-0.1, -0.05) is 0 Å². The fourth-order valence-electron chi connectivity index (χ4n) is 1.43. The maximum absolute atomic E-state index is 11.7. The Morgan fingerprint density at radius 1 is 0.682 bits per heavy atom. The number of ether oxygens (including phenoxy) is 2. The first kappa shape index (κ1) is 16.9. The van der Waals surface area contributed by atoms with E-state index in [9.17, 15) is 14.4 Å². The third-order valence-electron chi connectivity index (χ3n) is 2.45. The van der Waals surface area contributed by atoms with Gasteiger partial charge in [0, 0.05) is 7.14 Å². The average molecular weight is 522 g/mol. The predicted octanol–water partition coefficient (Wildman–Crippen LogP) is 3.19. The smallest absolute Gasteiger partial charge is 0.391 e. The molecule has 0 bridgehead atoms. The van der Waals surface area contributed by atoms with Crippen LogP contribution in [0.15, 0.2) is 58.1 Å². The number of halogens is 2. The molecule has 0 amide bonds. The Balaban J connectivity index is 2.22. The van der Waals surface area contributed by atoms with Gasteiger partial charge in [-0.05, 0) is 93.7 Å². The van der Waals surface area contributed by atoms with Gasteiger partial charge in [0.1, 0.15) is 0 Å². The molecule has 2 rings (SSSR count). The lowest BCUT2D eigenvalue weighted by molar-refractivity contribution is 0.151. The Hall–Kier alpha value is -1.49. The van der Waals surface area contributed by atoms with Crippen LogP contribution in [0.3, 0.4) is 0 Å². The topological polar surface area (TPSA) is 69.7 Å². The zero-order valence-electron chi connectivity index (χ0n) is 10.9. The van der Waals surface area contributed by atoms with Gasteiger partial charge in [0.05, 0.1) is 0 Å². The van der Waals surface area contributed by atoms with E-state index in [-0.39, 0.29) is 11.5 Å². The summed E-state index contributed by atoms with van der Waals surface area (Å²) in [5.74, 6) is -0.342. The first-order chi connectivity index (χ1) is 10.5. The maximum Gasteiger partial charge on any atom is 0.519 e. The van der Waals surface area contributed by atoms with E-state index < -0.39 is 17.0 Å². The first-order valence-corrected chi connectivity index (χ1v) is 8.11. The molecule has 22 heavy (non-hydrogen) atoms. The van der Waals surface area contributed by atoms with Crippen molar-refractivity contribution in [2.45, 2.75) is 0 Å². The third-order valence-corrected chi connectivity index (χ3v) is 3.89. The molecular weight excluding hydrogens is 514 g/mol. The summed E-state index contributed by atoms with van der Waals surface area (Å²) >= 11 is 4.05. The van der Waals surface area contributed by atoms with E-state index in [1.165, 1.54) is 24.3 Å². The van der Waals surface area contributed by atoms with E-state index in [4.69, 9.17) is 9.47 Å². The molecule has 0 N–H and O–H groups in total. The van der Waals surface area contributed by atoms with Gasteiger partial charge in [0.2, 0.25) is 10.9 Å². The molecule has 0 aliphatic carbocycles. The van der Waals surface area contributed by atoms with Crippen LogP contribution in [-0.2, 0) is 0 Å². The number of hydrogen-bond donors (Lipinski definition) is 0. The van der Waals surface area contributed by atoms with Gasteiger partial charge in [-0.25, -0.2) is 4.79 Å². The van der Waals surface area contributed by atoms with Crippen molar-refractivity contribution in [1.82, 2.24) is 0 Å². The second kappa shape index (κ2) is 7.68. The van der Waals surface area contributed by atoms with Crippen LogP contribution >= 0.6 is 45.2 Å². The molecule has 0 aliphatic rings. The van der Waals surface area contributed by atoms with Gasteiger partial charge in [-0.3, -0.25) is 9.59 Å². The largest absolute Gasteiger partial charge is 0.519 e. The highest BCUT2D eigenvalue weighted by atomic mass is 127. The van der Waals surface area contributed by atoms with Crippen molar-refractivity contribution in [2.75, 3.05) is 0 Å². The molecule has 0 saturated carbocycles. The summed E-state index contributed by atoms with van der Waals surface area (Å²) in [6.45, 7) is 0. The third kappa shape index (κ3) is 4.77. The van der Waals surface area contributed by atoms with Crippen LogP contribution < -0.4 is 20.3 Å². The molecule has 112 valence electrons. The fourth-order valence-corrected chi connectivity index (χ4v) is 2.15. The fraction of sp³-hybridized carbons (Fsp3) is 0. The second-order valence-electron chi connectivity index (χ2n) is 4.01. The Morgan fingerprint density at radius 2 is 1.05 bits per heavy atom. The Morgan fingerprint density at radius 3 is 1.45 bits per heavy atom. The summed E-state index contributed by atoms with van der Waals surface area (Å²) in [6.07, 6.45) is -1.14. The van der Waals surface area contributed by atoms with E-state index >= 15 is 0 Å². The summed E-state index contributed by atoms with van der Waals surface area (Å²) in [6, 6.07) is 11.7. The monoisotopic (exact) mass is 522 g/mol. The quantitative estimate of drug-likeness (QED) is 0.448. The molecule has 0 saturated heterocycles. The Kier molecular flexibility index (Phi) is 5.89. The summed E-state index contributed by atoms with van der Waals surface area (Å²) in [4.78, 5) is 35.2. The average Bonchev–Trinajstić information content (AvgIpc) is 2.73. The predicted molar refractivity (Wildman–Crippen MR) is 97.5 cm³/mol. The highest BCUT2D eigenvalue weighted by Gasteiger charge is 2.11. The minimum atomic E-state index is -1.14. The van der Waals surface area contributed by atoms with Crippen LogP contribution in [0.1, 0.15) is 0 Å². The van der Waals surface area contributed by atoms with E-state index in [0.717, 1.165) is 7.14 Å². The molecule has 2 aromatic rings. The summed E-state index contributed by atoms with van der Waals surface area (Å²) in [5.41, 5.74) is -0.925. The van der Waals surface area contributed by atoms with Crippen LogP contribution in [0.2, 0.25) is 0 Å². The summed E-state index contributed by atoms with van der Waals surface area (Å²) < 4.78 is 11.3. The number of rotatable bonds is 2. The Bertz CT molecular complexity index is 767. The summed E-state index contributed by atoms with van der Waals surface area (Å²) in [7, 11) is 0. The molecule has 5 nitrogen and oxygen atoms in total. The highest BCUT2D eigenvalue weighted by molar-refractivity contribution is 14.1. The van der Waals surface area contributed by atoms with Crippen LogP contribution in [0.25, 0.3) is 0 Å². The van der Waals surface area contributed by atoms with Crippen molar-refractivity contribution in [1.29, 1.82) is 0 Å². The van der Waals surface area contributed by atoms with Crippen LogP contribution in [-0.4, -0.2) is 6.16 Å². The first-order valence-electron chi connectivity index (χ1n) is 5.95. The SMILES string of the molecule is O=C(Oc1ccc(I)ccc1=O)Oc1ccc(I)ccc1=O. The molecule has 0 spiro atoms. The van der Waals surface area contributed by atoms with Gasteiger partial charge in [-0.15, -0.1) is 0 Å². The molecule has 0 heterocycles. The van der Waals surface area contributed by atoms with Crippen molar-refractivity contribution in [2.24, 2.45) is 0 Å². The van der Waals surface area contributed by atoms with E-state index in [2.05, 4.69) is 0 Å². The minimum absolute atomic E-state index is 0.171. The lowest BCUT2D eigenvalue weighted by Gasteiger charge is -2.01. The van der Waals surface area contributed by atoms with Crippen molar-refractivity contribution in [3.8, 4) is 11.5 Å². The van der Waals surface area contributed by atoms with Crippen molar-refractivity contribution >= 4 is 51.3 Å². The van der Waals surface area contributed by atoms with Crippen molar-refractivity contribution < 1.29 is 14.3 Å². The molecule has 0 fully saturated rings. The lowest BCUT2D eigenvalue weighted by atomic mass is 10.4. The standard InChI is InChI=1S/C15H8I2O5/c16-9-1-5-11(18)13(7-3-9)21-15(20)22-14-8-4-10(17)2-6-12(14)19/h1-8H. The van der Waals surface area contributed by atoms with Gasteiger partial charge in [0.15, 0.2) is 11.5 Å². The number of carbonyl (C=O) groups excluding carboxylic acids is 1. The molecule has 0 unspecified atom stereocenters. The molecule has 0 aromatic heterocycles. The molecule has 7 heteroatoms. The zero-order valence-corrected chi connectivity index (χ0v) is 15.2. The molecule has 0 atom stereocenters. The summed E-state index contributed by atoms with van der Waals surface area (Å²) in [5, 5.41) is 0. The number of carbonyl (C=O) groups is 1. The van der Waals surface area contributed by atoms with Crippen molar-refractivity contribution in [3.63, 3.8) is 0 Å². The van der Waals surface area contributed by atoms with Crippen LogP contribution in [0, 0.1) is 7.14 Å². The van der Waals surface area contributed by atoms with Crippen LogP contribution in [0.4, 0.5) is 4.79 Å². The van der Waals surface area contributed by atoms with Gasteiger partial charge in [0.25, 0.3) is 0 Å². The molecule has 0 aliphatic heterocycles. The van der Waals surface area contributed by atoms with Crippen LogP contribution in [0.5, 0.6) is 11.5 Å². The zero-order chi connectivity index (χ0) is 16.1. The highest BCUT2D eigenvalue weighted by Crippen LogP contribution is 2.10. The minimum Gasteiger partial charge on any atom is -0.391 e. The van der Waals surface area contributed by atoms with E-state index in [1.807, 2.05) is 45.2 Å². The van der Waals surface area contributed by atoms with Gasteiger partial charge >= 0.3 is 6.16 Å². The molecular formula is C15H8I2O5. The van der Waals surface area contributed by atoms with Gasteiger partial charge < -0.3 is 9.47 Å². The van der Waals surface area contributed by atoms with E-state index in [1.54, 1.807) is 24.3 Å². The second-order valence-corrected chi connectivity index (χ2v) is 6.51. The molecule has 0 radical (unpaired) electrons. The Labute approximate surface area is 152 Å². The number of hydrogen-bond acceptors (Lipinski definition) is 5. The lowest BCUT2D eigenvalue weighted by Crippen LogP contribution is -2.19.